The summed E-state index contributed by atoms with van der Waals surface area (Å²) in [4.78, 5) is 7.06. The maximum absolute atomic E-state index is 13.7. The highest BCUT2D eigenvalue weighted by Gasteiger charge is 2.12. The van der Waals surface area contributed by atoms with Crippen molar-refractivity contribution in [2.45, 2.75) is 0 Å². The zero-order chi connectivity index (χ0) is 15.0. The Morgan fingerprint density at radius 3 is 2.24 bits per heavy atom. The van der Waals surface area contributed by atoms with Crippen LogP contribution < -0.4 is 9.47 Å². The van der Waals surface area contributed by atoms with Crippen LogP contribution in [-0.4, -0.2) is 24.2 Å². The summed E-state index contributed by atoms with van der Waals surface area (Å²) in [5.41, 5.74) is 1.04. The van der Waals surface area contributed by atoms with Crippen molar-refractivity contribution in [1.29, 1.82) is 0 Å². The summed E-state index contributed by atoms with van der Waals surface area (Å²) in [5, 5.41) is 0. The molecule has 0 aliphatic heterocycles. The highest BCUT2D eigenvalue weighted by molar-refractivity contribution is 5.80. The van der Waals surface area contributed by atoms with Crippen LogP contribution in [0.1, 0.15) is 0 Å². The van der Waals surface area contributed by atoms with E-state index in [-0.39, 0.29) is 5.52 Å². The average molecular weight is 290 g/mol. The molecule has 1 N–H and O–H groups in total. The molecule has 3 rings (SSSR count). The van der Waals surface area contributed by atoms with E-state index in [0.717, 1.165) is 6.07 Å². The van der Waals surface area contributed by atoms with Gasteiger partial charge < -0.3 is 14.5 Å². The van der Waals surface area contributed by atoms with Gasteiger partial charge in [-0.1, -0.05) is 0 Å². The van der Waals surface area contributed by atoms with Gasteiger partial charge in [0.05, 0.1) is 19.7 Å². The molecule has 21 heavy (non-hydrogen) atoms. The van der Waals surface area contributed by atoms with Crippen molar-refractivity contribution in [2.24, 2.45) is 0 Å². The Labute approximate surface area is 119 Å². The molecule has 4 nitrogen and oxygen atoms in total. The van der Waals surface area contributed by atoms with Crippen molar-refractivity contribution in [3.8, 4) is 22.9 Å². The van der Waals surface area contributed by atoms with E-state index in [1.165, 1.54) is 20.3 Å². The zero-order valence-corrected chi connectivity index (χ0v) is 11.4. The van der Waals surface area contributed by atoms with E-state index in [9.17, 15) is 8.78 Å². The number of hydrogen-bond acceptors (Lipinski definition) is 3. The molecule has 2 aromatic carbocycles. The van der Waals surface area contributed by atoms with Crippen LogP contribution in [0.2, 0.25) is 0 Å². The largest absolute Gasteiger partial charge is 0.497 e. The quantitative estimate of drug-likeness (QED) is 0.802. The number of fused-ring (bicyclic) bond motifs is 1. The van der Waals surface area contributed by atoms with Gasteiger partial charge in [-0.05, 0) is 18.2 Å². The van der Waals surface area contributed by atoms with Gasteiger partial charge in [-0.2, -0.15) is 0 Å². The molecule has 0 atom stereocenters. The molecule has 1 aromatic heterocycles. The van der Waals surface area contributed by atoms with Gasteiger partial charge in [-0.15, -0.1) is 0 Å². The van der Waals surface area contributed by atoms with E-state index in [2.05, 4.69) is 9.97 Å². The number of methoxy groups -OCH3 is 2. The highest BCUT2D eigenvalue weighted by atomic mass is 19.1. The van der Waals surface area contributed by atoms with Crippen LogP contribution in [0, 0.1) is 11.6 Å². The molecule has 108 valence electrons. The lowest BCUT2D eigenvalue weighted by Gasteiger charge is -2.06. The monoisotopic (exact) mass is 290 g/mol. The summed E-state index contributed by atoms with van der Waals surface area (Å²) in [6, 6.07) is 7.18. The van der Waals surface area contributed by atoms with E-state index in [1.54, 1.807) is 18.2 Å². The number of aromatic nitrogens is 2. The van der Waals surface area contributed by atoms with Crippen LogP contribution >= 0.6 is 0 Å². The molecule has 0 amide bonds. The Morgan fingerprint density at radius 2 is 1.62 bits per heavy atom. The standard InChI is InChI=1S/C15H12F2N2O2/c1-20-10-3-8(4-11(7-10)21-2)15-18-13-6-9(16)5-12(17)14(13)19-15/h3-7H,1-2H3,(H,18,19). The third-order valence-corrected chi connectivity index (χ3v) is 3.13. The molecule has 0 saturated carbocycles. The van der Waals surface area contributed by atoms with Crippen LogP contribution in [0.4, 0.5) is 8.78 Å². The number of halogens is 2. The fourth-order valence-electron chi connectivity index (χ4n) is 2.12. The van der Waals surface area contributed by atoms with Crippen molar-refractivity contribution < 1.29 is 18.3 Å². The number of benzene rings is 2. The van der Waals surface area contributed by atoms with Crippen molar-refractivity contribution in [1.82, 2.24) is 9.97 Å². The number of ether oxygens (including phenoxy) is 2. The predicted octanol–water partition coefficient (Wildman–Crippen LogP) is 3.53. The Morgan fingerprint density at radius 1 is 0.952 bits per heavy atom. The first kappa shape index (κ1) is 13.4. The summed E-state index contributed by atoms with van der Waals surface area (Å²) in [6.45, 7) is 0. The van der Waals surface area contributed by atoms with Crippen LogP contribution in [0.25, 0.3) is 22.4 Å². The molecule has 0 fully saturated rings. The van der Waals surface area contributed by atoms with E-state index >= 15 is 0 Å². The molecule has 0 saturated heterocycles. The Hall–Kier alpha value is -2.63. The summed E-state index contributed by atoms with van der Waals surface area (Å²) in [5.74, 6) is 0.209. The molecule has 0 radical (unpaired) electrons. The Bertz CT molecular complexity index is 793. The number of hydrogen-bond donors (Lipinski definition) is 1. The second-order valence-corrected chi connectivity index (χ2v) is 4.47. The van der Waals surface area contributed by atoms with Crippen molar-refractivity contribution in [3.05, 3.63) is 42.0 Å². The fourth-order valence-corrected chi connectivity index (χ4v) is 2.12. The lowest BCUT2D eigenvalue weighted by atomic mass is 10.2. The first-order valence-electron chi connectivity index (χ1n) is 6.19. The molecule has 3 aromatic rings. The zero-order valence-electron chi connectivity index (χ0n) is 11.4. The van der Waals surface area contributed by atoms with E-state index < -0.39 is 11.6 Å². The fraction of sp³-hybridized carbons (Fsp3) is 0.133. The number of imidazole rings is 1. The van der Waals surface area contributed by atoms with E-state index in [1.807, 2.05) is 0 Å². The molecule has 6 heteroatoms. The number of aromatic amines is 1. The van der Waals surface area contributed by atoms with Crippen molar-refractivity contribution in [3.63, 3.8) is 0 Å². The van der Waals surface area contributed by atoms with Crippen LogP contribution in [0.3, 0.4) is 0 Å². The predicted molar refractivity (Wildman–Crippen MR) is 74.5 cm³/mol. The smallest absolute Gasteiger partial charge is 0.153 e. The van der Waals surface area contributed by atoms with E-state index in [0.29, 0.717) is 28.4 Å². The van der Waals surface area contributed by atoms with Crippen LogP contribution in [-0.2, 0) is 0 Å². The first-order chi connectivity index (χ1) is 10.1. The second-order valence-electron chi connectivity index (χ2n) is 4.47. The maximum Gasteiger partial charge on any atom is 0.153 e. The van der Waals surface area contributed by atoms with Gasteiger partial charge in [0.15, 0.2) is 5.82 Å². The summed E-state index contributed by atoms with van der Waals surface area (Å²) in [7, 11) is 3.07. The van der Waals surface area contributed by atoms with Crippen LogP contribution in [0.15, 0.2) is 30.3 Å². The van der Waals surface area contributed by atoms with Gasteiger partial charge in [-0.3, -0.25) is 0 Å². The van der Waals surface area contributed by atoms with Gasteiger partial charge >= 0.3 is 0 Å². The third-order valence-electron chi connectivity index (χ3n) is 3.13. The normalized spacial score (nSPS) is 10.9. The molecular formula is C15H12F2N2O2. The lowest BCUT2D eigenvalue weighted by molar-refractivity contribution is 0.394. The minimum absolute atomic E-state index is 0.0909. The summed E-state index contributed by atoms with van der Waals surface area (Å²) >= 11 is 0. The Balaban J connectivity index is 2.18. The van der Waals surface area contributed by atoms with Crippen molar-refractivity contribution >= 4 is 11.0 Å². The second kappa shape index (κ2) is 5.05. The van der Waals surface area contributed by atoms with Gasteiger partial charge in [0.25, 0.3) is 0 Å². The highest BCUT2D eigenvalue weighted by Crippen LogP contribution is 2.30. The maximum atomic E-state index is 13.7. The molecule has 0 aliphatic rings. The summed E-state index contributed by atoms with van der Waals surface area (Å²) < 4.78 is 37.3. The van der Waals surface area contributed by atoms with Gasteiger partial charge in [0.1, 0.15) is 28.7 Å². The minimum Gasteiger partial charge on any atom is -0.497 e. The minimum atomic E-state index is -0.706. The SMILES string of the molecule is COc1cc(OC)cc(-c2nc3c(F)cc(F)cc3[nH]2)c1. The molecule has 0 bridgehead atoms. The number of nitrogens with zero attached hydrogens (tertiary/aromatic N) is 1. The number of nitrogens with one attached hydrogen (secondary N) is 1. The molecule has 0 aliphatic carbocycles. The third kappa shape index (κ3) is 2.40. The van der Waals surface area contributed by atoms with Gasteiger partial charge in [0, 0.05) is 17.7 Å². The number of rotatable bonds is 3. The van der Waals surface area contributed by atoms with E-state index in [4.69, 9.17) is 9.47 Å². The Kier molecular flexibility index (Phi) is 3.21. The lowest BCUT2D eigenvalue weighted by Crippen LogP contribution is -1.89. The summed E-state index contributed by atoms with van der Waals surface area (Å²) in [6.07, 6.45) is 0. The molecular weight excluding hydrogens is 278 g/mol. The van der Waals surface area contributed by atoms with Gasteiger partial charge in [0.2, 0.25) is 0 Å². The molecule has 1 heterocycles. The topological polar surface area (TPSA) is 47.1 Å². The van der Waals surface area contributed by atoms with Gasteiger partial charge in [-0.25, -0.2) is 13.8 Å². The first-order valence-corrected chi connectivity index (χ1v) is 6.19. The molecule has 0 spiro atoms. The number of H-pyrrole nitrogens is 1. The van der Waals surface area contributed by atoms with Crippen molar-refractivity contribution in [2.75, 3.05) is 14.2 Å². The molecule has 0 unspecified atom stereocenters. The average Bonchev–Trinajstić information content (AvgIpc) is 2.91. The van der Waals surface area contributed by atoms with Crippen LogP contribution in [0.5, 0.6) is 11.5 Å².